The van der Waals surface area contributed by atoms with Gasteiger partial charge in [0.1, 0.15) is 18.1 Å². The summed E-state index contributed by atoms with van der Waals surface area (Å²) in [6.07, 6.45) is 3.64. The van der Waals surface area contributed by atoms with Crippen molar-refractivity contribution >= 4 is 32.8 Å². The SMILES string of the molecule is CCOC(=O)Cc1cc(OC)ccc1OCc1c2cc(Br)ccc2nn1C1CCC1. The number of methoxy groups -OCH3 is 1. The van der Waals surface area contributed by atoms with Crippen LogP contribution in [0.2, 0.25) is 0 Å². The molecule has 1 saturated carbocycles. The molecule has 0 spiro atoms. The number of rotatable bonds is 8. The zero-order valence-electron chi connectivity index (χ0n) is 17.2. The number of ether oxygens (including phenoxy) is 3. The molecule has 0 unspecified atom stereocenters. The number of esters is 1. The fourth-order valence-corrected chi connectivity index (χ4v) is 4.04. The van der Waals surface area contributed by atoms with Gasteiger partial charge in [-0.3, -0.25) is 9.48 Å². The van der Waals surface area contributed by atoms with Gasteiger partial charge in [0.05, 0.1) is 37.4 Å². The Morgan fingerprint density at radius 1 is 1.23 bits per heavy atom. The molecule has 1 heterocycles. The summed E-state index contributed by atoms with van der Waals surface area (Å²) < 4.78 is 19.8. The summed E-state index contributed by atoms with van der Waals surface area (Å²) in [6, 6.07) is 12.0. The highest BCUT2D eigenvalue weighted by Gasteiger charge is 2.25. The maximum atomic E-state index is 12.1. The minimum absolute atomic E-state index is 0.133. The van der Waals surface area contributed by atoms with Crippen LogP contribution in [0.15, 0.2) is 40.9 Å². The average molecular weight is 473 g/mol. The molecular formula is C23H25BrN2O4. The van der Waals surface area contributed by atoms with E-state index < -0.39 is 0 Å². The number of carbonyl (C=O) groups excluding carboxylic acids is 1. The second-order valence-corrected chi connectivity index (χ2v) is 8.30. The zero-order valence-corrected chi connectivity index (χ0v) is 18.8. The lowest BCUT2D eigenvalue weighted by Crippen LogP contribution is -2.21. The molecule has 0 aliphatic heterocycles. The Morgan fingerprint density at radius 2 is 2.07 bits per heavy atom. The highest BCUT2D eigenvalue weighted by atomic mass is 79.9. The first-order valence-corrected chi connectivity index (χ1v) is 11.0. The van der Waals surface area contributed by atoms with Gasteiger partial charge < -0.3 is 14.2 Å². The molecule has 0 radical (unpaired) electrons. The van der Waals surface area contributed by atoms with Crippen molar-refractivity contribution in [2.45, 2.75) is 45.3 Å². The number of hydrogen-bond acceptors (Lipinski definition) is 5. The predicted octanol–water partition coefficient (Wildman–Crippen LogP) is 5.22. The molecule has 0 N–H and O–H groups in total. The highest BCUT2D eigenvalue weighted by Crippen LogP contribution is 2.36. The summed E-state index contributed by atoms with van der Waals surface area (Å²) in [5.74, 6) is 1.04. The Labute approximate surface area is 184 Å². The van der Waals surface area contributed by atoms with Gasteiger partial charge in [0.15, 0.2) is 0 Å². The molecule has 4 rings (SSSR count). The van der Waals surface area contributed by atoms with Crippen LogP contribution in [0.25, 0.3) is 10.9 Å². The number of halogens is 1. The van der Waals surface area contributed by atoms with Gasteiger partial charge in [-0.25, -0.2) is 0 Å². The Bertz CT molecular complexity index is 1060. The predicted molar refractivity (Wildman–Crippen MR) is 118 cm³/mol. The van der Waals surface area contributed by atoms with E-state index in [4.69, 9.17) is 19.3 Å². The van der Waals surface area contributed by atoms with Crippen LogP contribution in [-0.2, 0) is 22.6 Å². The fourth-order valence-electron chi connectivity index (χ4n) is 3.68. The molecule has 0 bridgehead atoms. The van der Waals surface area contributed by atoms with E-state index >= 15 is 0 Å². The summed E-state index contributed by atoms with van der Waals surface area (Å²) in [7, 11) is 1.60. The lowest BCUT2D eigenvalue weighted by atomic mass is 9.93. The molecule has 7 heteroatoms. The van der Waals surface area contributed by atoms with Gasteiger partial charge in [-0.15, -0.1) is 0 Å². The van der Waals surface area contributed by atoms with Gasteiger partial charge in [0, 0.05) is 15.4 Å². The molecule has 2 aromatic carbocycles. The maximum Gasteiger partial charge on any atom is 0.310 e. The van der Waals surface area contributed by atoms with Crippen molar-refractivity contribution in [3.63, 3.8) is 0 Å². The van der Waals surface area contributed by atoms with E-state index in [9.17, 15) is 4.79 Å². The van der Waals surface area contributed by atoms with Crippen molar-refractivity contribution in [1.29, 1.82) is 0 Å². The van der Waals surface area contributed by atoms with Crippen molar-refractivity contribution < 1.29 is 19.0 Å². The van der Waals surface area contributed by atoms with Gasteiger partial charge in [0.25, 0.3) is 0 Å². The zero-order chi connectivity index (χ0) is 21.1. The van der Waals surface area contributed by atoms with Gasteiger partial charge in [-0.05, 0) is 62.6 Å². The number of carbonyl (C=O) groups is 1. The standard InChI is InChI=1S/C23H25BrN2O4/c1-3-29-23(27)12-15-11-18(28-2)8-10-22(15)30-14-21-19-13-16(24)7-9-20(19)25-26(21)17-5-4-6-17/h7-11,13,17H,3-6,12,14H2,1-2H3. The third-order valence-corrected chi connectivity index (χ3v) is 5.95. The second-order valence-electron chi connectivity index (χ2n) is 7.38. The minimum Gasteiger partial charge on any atom is -0.497 e. The van der Waals surface area contributed by atoms with E-state index in [-0.39, 0.29) is 12.4 Å². The van der Waals surface area contributed by atoms with Gasteiger partial charge in [-0.2, -0.15) is 5.10 Å². The normalized spacial score (nSPS) is 13.8. The third-order valence-electron chi connectivity index (χ3n) is 5.45. The first kappa shape index (κ1) is 20.7. The van der Waals surface area contributed by atoms with Crippen LogP contribution in [0.4, 0.5) is 0 Å². The lowest BCUT2D eigenvalue weighted by molar-refractivity contribution is -0.142. The van der Waals surface area contributed by atoms with Crippen LogP contribution in [0.1, 0.15) is 43.5 Å². The molecule has 1 aliphatic carbocycles. The molecule has 3 aromatic rings. The Morgan fingerprint density at radius 3 is 2.77 bits per heavy atom. The minimum atomic E-state index is -0.288. The third kappa shape index (κ3) is 4.31. The average Bonchev–Trinajstić information content (AvgIpc) is 3.02. The Balaban J connectivity index is 1.63. The summed E-state index contributed by atoms with van der Waals surface area (Å²) in [6.45, 7) is 2.51. The molecule has 0 saturated heterocycles. The van der Waals surface area contributed by atoms with E-state index in [1.165, 1.54) is 6.42 Å². The summed E-state index contributed by atoms with van der Waals surface area (Å²) in [4.78, 5) is 12.1. The maximum absolute atomic E-state index is 12.1. The van der Waals surface area contributed by atoms with Crippen LogP contribution in [0.3, 0.4) is 0 Å². The number of benzene rings is 2. The van der Waals surface area contributed by atoms with Crippen LogP contribution >= 0.6 is 15.9 Å². The molecular weight excluding hydrogens is 448 g/mol. The monoisotopic (exact) mass is 472 g/mol. The topological polar surface area (TPSA) is 62.6 Å². The molecule has 6 nitrogen and oxygen atoms in total. The van der Waals surface area contributed by atoms with E-state index in [0.717, 1.165) is 39.5 Å². The molecule has 0 amide bonds. The van der Waals surface area contributed by atoms with E-state index in [2.05, 4.69) is 26.7 Å². The van der Waals surface area contributed by atoms with Gasteiger partial charge in [-0.1, -0.05) is 15.9 Å². The Kier molecular flexibility index (Phi) is 6.27. The molecule has 30 heavy (non-hydrogen) atoms. The lowest BCUT2D eigenvalue weighted by Gasteiger charge is -2.27. The van der Waals surface area contributed by atoms with E-state index in [1.807, 2.05) is 30.3 Å². The summed E-state index contributed by atoms with van der Waals surface area (Å²) in [5, 5.41) is 5.91. The first-order valence-electron chi connectivity index (χ1n) is 10.2. The number of fused-ring (bicyclic) bond motifs is 1. The van der Waals surface area contributed by atoms with Crippen molar-refractivity contribution in [2.24, 2.45) is 0 Å². The molecule has 1 aromatic heterocycles. The van der Waals surface area contributed by atoms with Crippen molar-refractivity contribution in [3.05, 3.63) is 52.1 Å². The first-order chi connectivity index (χ1) is 14.6. The van der Waals surface area contributed by atoms with Crippen molar-refractivity contribution in [2.75, 3.05) is 13.7 Å². The van der Waals surface area contributed by atoms with Gasteiger partial charge >= 0.3 is 5.97 Å². The Hall–Kier alpha value is -2.54. The fraction of sp³-hybridized carbons (Fsp3) is 0.391. The van der Waals surface area contributed by atoms with E-state index in [1.54, 1.807) is 14.0 Å². The summed E-state index contributed by atoms with van der Waals surface area (Å²) in [5.41, 5.74) is 2.76. The highest BCUT2D eigenvalue weighted by molar-refractivity contribution is 9.10. The number of hydrogen-bond donors (Lipinski definition) is 0. The van der Waals surface area contributed by atoms with Crippen molar-refractivity contribution in [3.8, 4) is 11.5 Å². The molecule has 158 valence electrons. The second kappa shape index (κ2) is 9.08. The quantitative estimate of drug-likeness (QED) is 0.420. The van der Waals surface area contributed by atoms with Crippen LogP contribution in [0, 0.1) is 0 Å². The van der Waals surface area contributed by atoms with E-state index in [0.29, 0.717) is 30.8 Å². The number of aromatic nitrogens is 2. The largest absolute Gasteiger partial charge is 0.497 e. The smallest absolute Gasteiger partial charge is 0.310 e. The number of nitrogens with zero attached hydrogens (tertiary/aromatic N) is 2. The summed E-state index contributed by atoms with van der Waals surface area (Å²) >= 11 is 3.57. The van der Waals surface area contributed by atoms with Crippen molar-refractivity contribution in [1.82, 2.24) is 9.78 Å². The van der Waals surface area contributed by atoms with Crippen LogP contribution in [-0.4, -0.2) is 29.5 Å². The van der Waals surface area contributed by atoms with Crippen LogP contribution < -0.4 is 9.47 Å². The van der Waals surface area contributed by atoms with Crippen LogP contribution in [0.5, 0.6) is 11.5 Å². The van der Waals surface area contributed by atoms with Gasteiger partial charge in [0.2, 0.25) is 0 Å². The molecule has 1 fully saturated rings. The molecule has 1 aliphatic rings. The molecule has 0 atom stereocenters.